The molecule has 1 unspecified atom stereocenters. The molecule has 1 heterocycles. The van der Waals surface area contributed by atoms with Crippen molar-refractivity contribution in [3.8, 4) is 0 Å². The summed E-state index contributed by atoms with van der Waals surface area (Å²) in [6.45, 7) is 9.97. The number of rotatable bonds is 6. The van der Waals surface area contributed by atoms with Crippen LogP contribution in [0.5, 0.6) is 0 Å². The van der Waals surface area contributed by atoms with Gasteiger partial charge in [-0.1, -0.05) is 27.7 Å². The lowest BCUT2D eigenvalue weighted by Crippen LogP contribution is -2.34. The molecule has 98 valence electrons. The molecular weight excluding hydrogens is 230 g/mol. The number of hydrogen-bond acceptors (Lipinski definition) is 3. The molecule has 17 heavy (non-hydrogen) atoms. The van der Waals surface area contributed by atoms with Crippen molar-refractivity contribution in [1.29, 1.82) is 0 Å². The molecule has 0 radical (unpaired) electrons. The standard InChI is InChI=1S/C13H25N3S/c1-6-14-12(10-17-13(2,3)4)9-11-7-8-16(5)15-11/h7-8,12,14H,6,9-10H2,1-5H3. The maximum atomic E-state index is 4.44. The van der Waals surface area contributed by atoms with Gasteiger partial charge in [0.25, 0.3) is 0 Å². The lowest BCUT2D eigenvalue weighted by molar-refractivity contribution is 0.559. The first-order chi connectivity index (χ1) is 7.90. The summed E-state index contributed by atoms with van der Waals surface area (Å²) in [5.41, 5.74) is 1.17. The third-order valence-corrected chi connectivity index (χ3v) is 3.87. The molecule has 0 aromatic carbocycles. The number of aryl methyl sites for hydroxylation is 1. The smallest absolute Gasteiger partial charge is 0.0640 e. The summed E-state index contributed by atoms with van der Waals surface area (Å²) < 4.78 is 2.20. The molecule has 1 aromatic rings. The van der Waals surface area contributed by atoms with Gasteiger partial charge in [-0.2, -0.15) is 16.9 Å². The van der Waals surface area contributed by atoms with Gasteiger partial charge in [-0.25, -0.2) is 0 Å². The van der Waals surface area contributed by atoms with Crippen molar-refractivity contribution >= 4 is 11.8 Å². The van der Waals surface area contributed by atoms with Crippen LogP contribution in [0.3, 0.4) is 0 Å². The topological polar surface area (TPSA) is 29.9 Å². The minimum atomic E-state index is 0.331. The first-order valence-electron chi connectivity index (χ1n) is 6.26. The SMILES string of the molecule is CCNC(CSC(C)(C)C)Cc1ccn(C)n1. The van der Waals surface area contributed by atoms with Crippen LogP contribution in [0.1, 0.15) is 33.4 Å². The molecule has 1 N–H and O–H groups in total. The fraction of sp³-hybridized carbons (Fsp3) is 0.769. The Morgan fingerprint density at radius 1 is 1.47 bits per heavy atom. The zero-order chi connectivity index (χ0) is 12.9. The molecule has 0 fully saturated rings. The molecule has 0 amide bonds. The largest absolute Gasteiger partial charge is 0.313 e. The van der Waals surface area contributed by atoms with E-state index in [0.717, 1.165) is 18.7 Å². The molecular formula is C13H25N3S. The third-order valence-electron chi connectivity index (χ3n) is 2.43. The van der Waals surface area contributed by atoms with Gasteiger partial charge in [-0.05, 0) is 12.6 Å². The second-order valence-corrected chi connectivity index (χ2v) is 7.21. The van der Waals surface area contributed by atoms with Gasteiger partial charge in [0.2, 0.25) is 0 Å². The average Bonchev–Trinajstić information content (AvgIpc) is 2.60. The van der Waals surface area contributed by atoms with E-state index in [1.54, 1.807) is 0 Å². The molecule has 0 aliphatic rings. The van der Waals surface area contributed by atoms with Crippen LogP contribution in [0.4, 0.5) is 0 Å². The third kappa shape index (κ3) is 6.13. The van der Waals surface area contributed by atoms with E-state index in [2.05, 4.69) is 44.2 Å². The Labute approximate surface area is 109 Å². The monoisotopic (exact) mass is 255 g/mol. The number of thioether (sulfide) groups is 1. The fourth-order valence-corrected chi connectivity index (χ4v) is 2.59. The van der Waals surface area contributed by atoms with E-state index in [1.165, 1.54) is 5.69 Å². The van der Waals surface area contributed by atoms with Crippen LogP contribution in [0.25, 0.3) is 0 Å². The molecule has 0 saturated heterocycles. The van der Waals surface area contributed by atoms with Gasteiger partial charge < -0.3 is 5.32 Å². The van der Waals surface area contributed by atoms with Crippen molar-refractivity contribution < 1.29 is 0 Å². The second kappa shape index (κ2) is 6.45. The zero-order valence-corrected chi connectivity index (χ0v) is 12.5. The Morgan fingerprint density at radius 2 is 2.18 bits per heavy atom. The molecule has 3 nitrogen and oxygen atoms in total. The summed E-state index contributed by atoms with van der Waals surface area (Å²) in [4.78, 5) is 0. The van der Waals surface area contributed by atoms with Crippen LogP contribution in [-0.2, 0) is 13.5 Å². The quantitative estimate of drug-likeness (QED) is 0.847. The second-order valence-electron chi connectivity index (χ2n) is 5.36. The Bertz CT molecular complexity index is 328. The highest BCUT2D eigenvalue weighted by molar-refractivity contribution is 8.00. The minimum absolute atomic E-state index is 0.331. The summed E-state index contributed by atoms with van der Waals surface area (Å²) in [6, 6.07) is 2.62. The molecule has 1 aromatic heterocycles. The highest BCUT2D eigenvalue weighted by Gasteiger charge is 2.16. The Hall–Kier alpha value is -0.480. The van der Waals surface area contributed by atoms with Crippen molar-refractivity contribution in [3.63, 3.8) is 0 Å². The Balaban J connectivity index is 2.48. The van der Waals surface area contributed by atoms with E-state index in [4.69, 9.17) is 0 Å². The van der Waals surface area contributed by atoms with Gasteiger partial charge in [0.05, 0.1) is 5.69 Å². The molecule has 1 rings (SSSR count). The predicted molar refractivity (Wildman–Crippen MR) is 76.6 cm³/mol. The fourth-order valence-electron chi connectivity index (χ4n) is 1.65. The number of nitrogens with one attached hydrogen (secondary N) is 1. The van der Waals surface area contributed by atoms with Crippen LogP contribution >= 0.6 is 11.8 Å². The van der Waals surface area contributed by atoms with E-state index >= 15 is 0 Å². The molecule has 0 aliphatic heterocycles. The van der Waals surface area contributed by atoms with Crippen molar-refractivity contribution in [2.24, 2.45) is 7.05 Å². The van der Waals surface area contributed by atoms with Crippen LogP contribution in [0, 0.1) is 0 Å². The lowest BCUT2D eigenvalue weighted by Gasteiger charge is -2.23. The van der Waals surface area contributed by atoms with Gasteiger partial charge in [0.1, 0.15) is 0 Å². The van der Waals surface area contributed by atoms with Crippen molar-refractivity contribution in [3.05, 3.63) is 18.0 Å². The van der Waals surface area contributed by atoms with Crippen LogP contribution < -0.4 is 5.32 Å². The first kappa shape index (κ1) is 14.6. The predicted octanol–water partition coefficient (Wildman–Crippen LogP) is 2.47. The molecule has 0 saturated carbocycles. The van der Waals surface area contributed by atoms with Crippen LogP contribution in [0.15, 0.2) is 12.3 Å². The van der Waals surface area contributed by atoms with Gasteiger partial charge in [0.15, 0.2) is 0 Å². The highest BCUT2D eigenvalue weighted by Crippen LogP contribution is 2.24. The first-order valence-corrected chi connectivity index (χ1v) is 7.25. The normalized spacial score (nSPS) is 13.9. The zero-order valence-electron chi connectivity index (χ0n) is 11.7. The van der Waals surface area contributed by atoms with Gasteiger partial charge in [0, 0.05) is 36.2 Å². The van der Waals surface area contributed by atoms with Gasteiger partial charge >= 0.3 is 0 Å². The maximum Gasteiger partial charge on any atom is 0.0640 e. The summed E-state index contributed by atoms with van der Waals surface area (Å²) in [5, 5.41) is 7.99. The van der Waals surface area contributed by atoms with E-state index in [9.17, 15) is 0 Å². The minimum Gasteiger partial charge on any atom is -0.313 e. The molecule has 0 bridgehead atoms. The molecule has 1 atom stereocenters. The van der Waals surface area contributed by atoms with E-state index in [1.807, 2.05) is 29.7 Å². The Kier molecular flexibility index (Phi) is 5.53. The van der Waals surface area contributed by atoms with Gasteiger partial charge in [-0.15, -0.1) is 0 Å². The number of hydrogen-bond donors (Lipinski definition) is 1. The number of nitrogens with zero attached hydrogens (tertiary/aromatic N) is 2. The molecule has 0 aliphatic carbocycles. The summed E-state index contributed by atoms with van der Waals surface area (Å²) in [6.07, 6.45) is 3.02. The number of likely N-dealkylation sites (N-methyl/N-ethyl adjacent to an activating group) is 1. The summed E-state index contributed by atoms with van der Waals surface area (Å²) in [7, 11) is 1.97. The van der Waals surface area contributed by atoms with Crippen LogP contribution in [0.2, 0.25) is 0 Å². The number of aromatic nitrogens is 2. The highest BCUT2D eigenvalue weighted by atomic mass is 32.2. The van der Waals surface area contributed by atoms with Crippen molar-refractivity contribution in [1.82, 2.24) is 15.1 Å². The Morgan fingerprint density at radius 3 is 2.65 bits per heavy atom. The molecule has 0 spiro atoms. The van der Waals surface area contributed by atoms with E-state index in [0.29, 0.717) is 10.8 Å². The van der Waals surface area contributed by atoms with Gasteiger partial charge in [-0.3, -0.25) is 4.68 Å². The van der Waals surface area contributed by atoms with E-state index < -0.39 is 0 Å². The van der Waals surface area contributed by atoms with Crippen molar-refractivity contribution in [2.45, 2.75) is 44.9 Å². The summed E-state index contributed by atoms with van der Waals surface area (Å²) >= 11 is 2.01. The summed E-state index contributed by atoms with van der Waals surface area (Å²) in [5.74, 6) is 1.13. The average molecular weight is 255 g/mol. The van der Waals surface area contributed by atoms with E-state index in [-0.39, 0.29) is 0 Å². The molecule has 4 heteroatoms. The van der Waals surface area contributed by atoms with Crippen LogP contribution in [-0.4, -0.2) is 32.9 Å². The maximum absolute atomic E-state index is 4.44. The van der Waals surface area contributed by atoms with Crippen molar-refractivity contribution in [2.75, 3.05) is 12.3 Å². The lowest BCUT2D eigenvalue weighted by atomic mass is 10.2.